The topological polar surface area (TPSA) is 16.4 Å². The minimum atomic E-state index is 0.915. The highest BCUT2D eigenvalue weighted by Gasteiger charge is 2.21. The molecule has 0 fully saturated rings. The van der Waals surface area contributed by atoms with E-state index < -0.39 is 0 Å². The van der Waals surface area contributed by atoms with Crippen LogP contribution in [0, 0.1) is 0 Å². The van der Waals surface area contributed by atoms with Crippen LogP contribution in [0.25, 0.3) is 86.6 Å². The summed E-state index contributed by atoms with van der Waals surface area (Å²) < 4.78 is 9.09. The number of nitrogens with zero attached hydrogens (tertiary/aromatic N) is 1. The van der Waals surface area contributed by atoms with E-state index >= 15 is 0 Å². The lowest BCUT2D eigenvalue weighted by Crippen LogP contribution is -2.10. The van der Waals surface area contributed by atoms with Crippen LogP contribution in [0.2, 0.25) is 0 Å². The van der Waals surface area contributed by atoms with E-state index in [0.717, 1.165) is 39.0 Å². The van der Waals surface area contributed by atoms with E-state index in [1.165, 1.54) is 64.7 Å². The van der Waals surface area contributed by atoms with E-state index in [0.29, 0.717) is 0 Å². The van der Waals surface area contributed by atoms with E-state index in [2.05, 4.69) is 211 Å². The van der Waals surface area contributed by atoms with Gasteiger partial charge in [-0.15, -0.1) is 11.3 Å². The second-order valence-electron chi connectivity index (χ2n) is 14.5. The van der Waals surface area contributed by atoms with Gasteiger partial charge in [0.25, 0.3) is 0 Å². The van der Waals surface area contributed by atoms with Gasteiger partial charge in [0.2, 0.25) is 0 Å². The van der Waals surface area contributed by atoms with Gasteiger partial charge in [0.15, 0.2) is 0 Å². The molecule has 0 aliphatic heterocycles. The van der Waals surface area contributed by atoms with Crippen LogP contribution in [0.1, 0.15) is 0 Å². The second-order valence-corrected chi connectivity index (χ2v) is 15.5. The standard InChI is InChI=1S/C54H35NOS/c1-4-14-36(15-5-1)39-24-28-43(29-25-39)55(45-33-41(37-16-6-2-7-17-37)32-42(34-45)38-18-8-3-9-19-38)44-30-26-40(27-31-44)48-35-49-46-20-10-12-22-50(46)56-53(49)52-47-21-11-13-23-51(47)57-54(48)52/h1-35H. The van der Waals surface area contributed by atoms with Gasteiger partial charge < -0.3 is 9.32 Å². The number of furan rings is 1. The molecule has 2 heterocycles. The third-order valence-corrected chi connectivity index (χ3v) is 12.3. The van der Waals surface area contributed by atoms with E-state index in [9.17, 15) is 0 Å². The van der Waals surface area contributed by atoms with E-state index in [1.807, 2.05) is 17.4 Å². The van der Waals surface area contributed by atoms with Crippen molar-refractivity contribution in [2.75, 3.05) is 4.90 Å². The van der Waals surface area contributed by atoms with Crippen LogP contribution < -0.4 is 4.90 Å². The summed E-state index contributed by atoms with van der Waals surface area (Å²) in [4.78, 5) is 2.39. The maximum absolute atomic E-state index is 6.59. The third-order valence-electron chi connectivity index (χ3n) is 11.0. The predicted octanol–water partition coefficient (Wildman–Crippen LogP) is 16.1. The Bertz CT molecular complexity index is 3140. The number of para-hydroxylation sites is 1. The Kier molecular flexibility index (Phi) is 8.04. The summed E-state index contributed by atoms with van der Waals surface area (Å²) in [6.45, 7) is 0. The molecule has 2 nitrogen and oxygen atoms in total. The summed E-state index contributed by atoms with van der Waals surface area (Å²) in [6.07, 6.45) is 0. The molecule has 0 aliphatic carbocycles. The Morgan fingerprint density at radius 2 is 0.842 bits per heavy atom. The van der Waals surface area contributed by atoms with E-state index in [-0.39, 0.29) is 0 Å². The van der Waals surface area contributed by atoms with Gasteiger partial charge in [0.05, 0.1) is 0 Å². The zero-order valence-corrected chi connectivity index (χ0v) is 31.8. The molecule has 2 aromatic heterocycles. The predicted molar refractivity (Wildman–Crippen MR) is 243 cm³/mol. The van der Waals surface area contributed by atoms with Crippen molar-refractivity contribution >= 4 is 70.5 Å². The molecule has 268 valence electrons. The zero-order chi connectivity index (χ0) is 37.7. The maximum Gasteiger partial charge on any atom is 0.144 e. The number of benzene rings is 9. The van der Waals surface area contributed by atoms with Gasteiger partial charge in [0.1, 0.15) is 11.2 Å². The fraction of sp³-hybridized carbons (Fsp3) is 0. The van der Waals surface area contributed by atoms with Crippen LogP contribution in [0.3, 0.4) is 0 Å². The van der Waals surface area contributed by atoms with Gasteiger partial charge in [-0.05, 0) is 99.6 Å². The molecule has 0 saturated carbocycles. The van der Waals surface area contributed by atoms with Crippen molar-refractivity contribution in [3.8, 4) is 44.5 Å². The van der Waals surface area contributed by atoms with Gasteiger partial charge in [0, 0.05) is 53.6 Å². The number of thiophene rings is 1. The van der Waals surface area contributed by atoms with Crippen molar-refractivity contribution < 1.29 is 4.42 Å². The van der Waals surface area contributed by atoms with E-state index in [1.54, 1.807) is 0 Å². The number of hydrogen-bond acceptors (Lipinski definition) is 3. The van der Waals surface area contributed by atoms with Crippen LogP contribution in [0.15, 0.2) is 217 Å². The summed E-state index contributed by atoms with van der Waals surface area (Å²) in [5.41, 5.74) is 14.6. The minimum Gasteiger partial charge on any atom is -0.455 e. The van der Waals surface area contributed by atoms with Gasteiger partial charge in [-0.25, -0.2) is 0 Å². The van der Waals surface area contributed by atoms with Crippen LogP contribution in [-0.2, 0) is 0 Å². The first-order valence-electron chi connectivity index (χ1n) is 19.3. The molecule has 0 aliphatic rings. The average molecular weight is 746 g/mol. The SMILES string of the molecule is c1ccc(-c2ccc(N(c3ccc(-c4cc5c6ccccc6oc5c5c4sc4ccccc45)cc3)c3cc(-c4ccccc4)cc(-c4ccccc4)c3)cc2)cc1. The van der Waals surface area contributed by atoms with Crippen molar-refractivity contribution in [1.82, 2.24) is 0 Å². The Balaban J connectivity index is 1.10. The lowest BCUT2D eigenvalue weighted by Gasteiger charge is -2.27. The van der Waals surface area contributed by atoms with E-state index in [4.69, 9.17) is 4.42 Å². The first kappa shape index (κ1) is 33.2. The van der Waals surface area contributed by atoms with Crippen molar-refractivity contribution in [2.24, 2.45) is 0 Å². The number of hydrogen-bond donors (Lipinski definition) is 0. The monoisotopic (exact) mass is 745 g/mol. The summed E-state index contributed by atoms with van der Waals surface area (Å²) >= 11 is 1.84. The summed E-state index contributed by atoms with van der Waals surface area (Å²) in [6, 6.07) is 76.4. The molecular weight excluding hydrogens is 711 g/mol. The normalized spacial score (nSPS) is 11.5. The highest BCUT2D eigenvalue weighted by atomic mass is 32.1. The minimum absolute atomic E-state index is 0.915. The van der Waals surface area contributed by atoms with Crippen molar-refractivity contribution in [3.05, 3.63) is 212 Å². The van der Waals surface area contributed by atoms with Gasteiger partial charge >= 0.3 is 0 Å². The molecule has 11 rings (SSSR count). The van der Waals surface area contributed by atoms with Crippen molar-refractivity contribution in [1.29, 1.82) is 0 Å². The molecule has 0 saturated heterocycles. The Hall–Kier alpha value is -7.20. The molecule has 0 amide bonds. The molecular formula is C54H35NOS. The van der Waals surface area contributed by atoms with Crippen molar-refractivity contribution in [3.63, 3.8) is 0 Å². The third kappa shape index (κ3) is 5.88. The molecule has 0 bridgehead atoms. The van der Waals surface area contributed by atoms with Crippen LogP contribution >= 0.6 is 11.3 Å². The number of rotatable bonds is 7. The summed E-state index contributed by atoms with van der Waals surface area (Å²) in [5.74, 6) is 0. The quantitative estimate of drug-likeness (QED) is 0.162. The zero-order valence-electron chi connectivity index (χ0n) is 31.0. The van der Waals surface area contributed by atoms with Crippen molar-refractivity contribution in [2.45, 2.75) is 0 Å². The number of fused-ring (bicyclic) bond motifs is 7. The second kappa shape index (κ2) is 13.8. The van der Waals surface area contributed by atoms with Crippen LogP contribution in [0.5, 0.6) is 0 Å². The molecule has 3 heteroatoms. The highest BCUT2D eigenvalue weighted by Crippen LogP contribution is 2.47. The van der Waals surface area contributed by atoms with Gasteiger partial charge in [-0.3, -0.25) is 0 Å². The molecule has 0 atom stereocenters. The first-order valence-corrected chi connectivity index (χ1v) is 20.1. The molecule has 0 unspecified atom stereocenters. The Labute approximate surface area is 335 Å². The molecule has 9 aromatic carbocycles. The highest BCUT2D eigenvalue weighted by molar-refractivity contribution is 7.26. The maximum atomic E-state index is 6.59. The largest absolute Gasteiger partial charge is 0.455 e. The fourth-order valence-corrected chi connectivity index (χ4v) is 9.52. The van der Waals surface area contributed by atoms with Gasteiger partial charge in [-0.1, -0.05) is 152 Å². The molecule has 11 aromatic rings. The average Bonchev–Trinajstić information content (AvgIpc) is 3.86. The summed E-state index contributed by atoms with van der Waals surface area (Å²) in [7, 11) is 0. The molecule has 57 heavy (non-hydrogen) atoms. The Morgan fingerprint density at radius 3 is 1.46 bits per heavy atom. The van der Waals surface area contributed by atoms with Gasteiger partial charge in [-0.2, -0.15) is 0 Å². The first-order chi connectivity index (χ1) is 28.2. The van der Waals surface area contributed by atoms with Crippen LogP contribution in [-0.4, -0.2) is 0 Å². The fourth-order valence-electron chi connectivity index (χ4n) is 8.28. The Morgan fingerprint density at radius 1 is 0.351 bits per heavy atom. The molecule has 0 N–H and O–H groups in total. The number of anilines is 3. The molecule has 0 spiro atoms. The lowest BCUT2D eigenvalue weighted by atomic mass is 9.96. The lowest BCUT2D eigenvalue weighted by molar-refractivity contribution is 0.673. The summed E-state index contributed by atoms with van der Waals surface area (Å²) in [5, 5.41) is 4.71. The smallest absolute Gasteiger partial charge is 0.144 e. The van der Waals surface area contributed by atoms with Crippen LogP contribution in [0.4, 0.5) is 17.1 Å². The molecule has 0 radical (unpaired) electrons.